The molecule has 4 heteroatoms. The number of hydrogen-bond donors (Lipinski definition) is 0. The smallest absolute Gasteiger partial charge is 0.221 e. The van der Waals surface area contributed by atoms with E-state index in [9.17, 15) is 0 Å². The van der Waals surface area contributed by atoms with Crippen molar-refractivity contribution in [2.75, 3.05) is 13.6 Å². The first kappa shape index (κ1) is 4.90. The summed E-state index contributed by atoms with van der Waals surface area (Å²) in [6.45, 7) is 2.95. The Kier molecular flexibility index (Phi) is 0.717. The Labute approximate surface area is 53.5 Å². The average molecular weight is 125 g/mol. The highest BCUT2D eigenvalue weighted by Gasteiger charge is 2.46. The van der Waals surface area contributed by atoms with Gasteiger partial charge in [0, 0.05) is 12.0 Å². The second-order valence-corrected chi connectivity index (χ2v) is 2.42. The van der Waals surface area contributed by atoms with E-state index < -0.39 is 0 Å². The lowest BCUT2D eigenvalue weighted by Gasteiger charge is -1.98. The molecule has 0 radical (unpaired) electrons. The van der Waals surface area contributed by atoms with Crippen molar-refractivity contribution < 1.29 is 4.70 Å². The first-order valence-corrected chi connectivity index (χ1v) is 3.04. The summed E-state index contributed by atoms with van der Waals surface area (Å²) < 4.78 is 1.95. The highest BCUT2D eigenvalue weighted by molar-refractivity contribution is 5.79. The van der Waals surface area contributed by atoms with Crippen LogP contribution in [0, 0.1) is 0 Å². The van der Waals surface area contributed by atoms with Crippen LogP contribution in [0.3, 0.4) is 0 Å². The lowest BCUT2D eigenvalue weighted by molar-refractivity contribution is -0.584. The van der Waals surface area contributed by atoms with E-state index in [-0.39, 0.29) is 0 Å². The second-order valence-electron chi connectivity index (χ2n) is 2.42. The van der Waals surface area contributed by atoms with E-state index in [1.54, 1.807) is 0 Å². The fourth-order valence-corrected chi connectivity index (χ4v) is 1.04. The fourth-order valence-electron chi connectivity index (χ4n) is 1.04. The van der Waals surface area contributed by atoms with Gasteiger partial charge in [-0.15, -0.1) is 0 Å². The van der Waals surface area contributed by atoms with Gasteiger partial charge in [0.1, 0.15) is 6.54 Å². The van der Waals surface area contributed by atoms with Gasteiger partial charge in [0.25, 0.3) is 6.17 Å². The van der Waals surface area contributed by atoms with Gasteiger partial charge in [0.2, 0.25) is 5.84 Å². The average Bonchev–Trinajstić information content (AvgIpc) is 2.43. The van der Waals surface area contributed by atoms with E-state index in [2.05, 4.69) is 10.2 Å². The van der Waals surface area contributed by atoms with E-state index in [0.717, 1.165) is 12.4 Å². The SMILES string of the molecule is CC1=NN2C[C@H]2[N+](C)=N1. The van der Waals surface area contributed by atoms with Crippen molar-refractivity contribution >= 4 is 5.84 Å². The summed E-state index contributed by atoms with van der Waals surface area (Å²) in [6, 6.07) is 0. The van der Waals surface area contributed by atoms with Gasteiger partial charge in [-0.3, -0.25) is 0 Å². The van der Waals surface area contributed by atoms with Crippen molar-refractivity contribution in [3.8, 4) is 0 Å². The number of nitrogens with zero attached hydrogens (tertiary/aromatic N) is 4. The number of fused-ring (bicyclic) bond motifs is 1. The fraction of sp³-hybridized carbons (Fsp3) is 0.800. The Balaban J connectivity index is 2.32. The molecule has 0 aromatic rings. The molecule has 0 aliphatic carbocycles. The van der Waals surface area contributed by atoms with Gasteiger partial charge in [0.15, 0.2) is 7.05 Å². The molecular formula is C5H9N4+. The van der Waals surface area contributed by atoms with E-state index in [1.165, 1.54) is 0 Å². The number of azo groups is 2. The number of hydrogen-bond acceptors (Lipinski definition) is 3. The molecule has 48 valence electrons. The maximum atomic E-state index is 4.15. The third-order valence-corrected chi connectivity index (χ3v) is 1.57. The van der Waals surface area contributed by atoms with Gasteiger partial charge < -0.3 is 0 Å². The normalized spacial score (nSPS) is 30.9. The Morgan fingerprint density at radius 3 is 3.22 bits per heavy atom. The molecular weight excluding hydrogens is 116 g/mol. The standard InChI is InChI=1S/C5H9N4/c1-4-6-8(2)5-3-9(5)7-4/h5H,3H2,1-2H3/q+1/t5-/m0/s1. The lowest BCUT2D eigenvalue weighted by Crippen LogP contribution is -2.17. The zero-order chi connectivity index (χ0) is 6.43. The molecule has 0 N–H and O–H groups in total. The minimum Gasteiger partial charge on any atom is -0.221 e. The predicted molar refractivity (Wildman–Crippen MR) is 32.2 cm³/mol. The third-order valence-electron chi connectivity index (χ3n) is 1.57. The Morgan fingerprint density at radius 1 is 1.78 bits per heavy atom. The summed E-state index contributed by atoms with van der Waals surface area (Å²) in [4.78, 5) is 0. The zero-order valence-corrected chi connectivity index (χ0v) is 5.57. The Morgan fingerprint density at radius 2 is 2.56 bits per heavy atom. The van der Waals surface area contributed by atoms with Gasteiger partial charge in [0.05, 0.1) is 0 Å². The molecule has 0 aromatic carbocycles. The topological polar surface area (TPSA) is 30.7 Å². The minimum atomic E-state index is 0.466. The summed E-state index contributed by atoms with van der Waals surface area (Å²) in [6.07, 6.45) is 0.466. The van der Waals surface area contributed by atoms with Crippen molar-refractivity contribution in [3.63, 3.8) is 0 Å². The van der Waals surface area contributed by atoms with E-state index in [4.69, 9.17) is 0 Å². The van der Waals surface area contributed by atoms with Crippen molar-refractivity contribution in [1.29, 1.82) is 0 Å². The maximum Gasteiger partial charge on any atom is 0.287 e. The summed E-state index contributed by atoms with van der Waals surface area (Å²) in [7, 11) is 1.98. The monoisotopic (exact) mass is 125 g/mol. The molecule has 2 aliphatic heterocycles. The van der Waals surface area contributed by atoms with Crippen LogP contribution in [0.1, 0.15) is 6.92 Å². The summed E-state index contributed by atoms with van der Waals surface area (Å²) in [5, 5.41) is 10.3. The second kappa shape index (κ2) is 1.32. The van der Waals surface area contributed by atoms with Crippen LogP contribution in [-0.2, 0) is 0 Å². The summed E-state index contributed by atoms with van der Waals surface area (Å²) in [5.41, 5.74) is 0. The van der Waals surface area contributed by atoms with Crippen LogP contribution in [0.2, 0.25) is 0 Å². The number of rotatable bonds is 0. The number of amidine groups is 1. The largest absolute Gasteiger partial charge is 0.287 e. The van der Waals surface area contributed by atoms with Crippen LogP contribution < -0.4 is 0 Å². The van der Waals surface area contributed by atoms with Crippen LogP contribution in [0.5, 0.6) is 0 Å². The van der Waals surface area contributed by atoms with Crippen molar-refractivity contribution in [3.05, 3.63) is 0 Å². The lowest BCUT2D eigenvalue weighted by atomic mass is 10.7. The van der Waals surface area contributed by atoms with E-state index in [1.807, 2.05) is 23.7 Å². The molecule has 2 aliphatic rings. The predicted octanol–water partition coefficient (Wildman–Crippen LogP) is 0.0696. The van der Waals surface area contributed by atoms with E-state index in [0.29, 0.717) is 6.17 Å². The van der Waals surface area contributed by atoms with Crippen LogP contribution in [0.4, 0.5) is 0 Å². The first-order valence-electron chi connectivity index (χ1n) is 3.04. The highest BCUT2D eigenvalue weighted by atomic mass is 15.7. The molecule has 0 aromatic heterocycles. The van der Waals surface area contributed by atoms with Gasteiger partial charge in [-0.2, -0.15) is 5.10 Å². The molecule has 1 saturated heterocycles. The Hall–Kier alpha value is -0.930. The molecule has 0 amide bonds. The molecule has 0 unspecified atom stereocenters. The minimum absolute atomic E-state index is 0.466. The van der Waals surface area contributed by atoms with Crippen LogP contribution in [0.15, 0.2) is 10.2 Å². The van der Waals surface area contributed by atoms with Gasteiger partial charge in [-0.05, 0) is 0 Å². The number of hydrazone groups is 1. The number of likely N-dealkylation sites (N-methyl/N-ethyl adjacent to an activating group) is 1. The van der Waals surface area contributed by atoms with Crippen LogP contribution in [0.25, 0.3) is 0 Å². The quantitative estimate of drug-likeness (QED) is 0.333. The molecule has 1 fully saturated rings. The molecule has 2 heterocycles. The van der Waals surface area contributed by atoms with Gasteiger partial charge in [-0.25, -0.2) is 5.01 Å². The van der Waals surface area contributed by atoms with Crippen molar-refractivity contribution in [1.82, 2.24) is 5.01 Å². The molecule has 0 saturated carbocycles. The highest BCUT2D eigenvalue weighted by Crippen LogP contribution is 2.21. The summed E-state index contributed by atoms with van der Waals surface area (Å²) in [5.74, 6) is 0.853. The summed E-state index contributed by atoms with van der Waals surface area (Å²) >= 11 is 0. The molecule has 2 rings (SSSR count). The molecule has 1 atom stereocenters. The van der Waals surface area contributed by atoms with Crippen molar-refractivity contribution in [2.24, 2.45) is 10.2 Å². The maximum absolute atomic E-state index is 4.15. The molecule has 0 bridgehead atoms. The van der Waals surface area contributed by atoms with Crippen LogP contribution >= 0.6 is 0 Å². The van der Waals surface area contributed by atoms with Gasteiger partial charge >= 0.3 is 0 Å². The third kappa shape index (κ3) is 0.624. The molecule has 4 nitrogen and oxygen atoms in total. The van der Waals surface area contributed by atoms with Crippen LogP contribution in [-0.4, -0.2) is 35.3 Å². The molecule has 9 heavy (non-hydrogen) atoms. The Bertz CT molecular complexity index is 205. The zero-order valence-electron chi connectivity index (χ0n) is 5.57. The van der Waals surface area contributed by atoms with Gasteiger partial charge in [-0.1, -0.05) is 4.70 Å². The van der Waals surface area contributed by atoms with Crippen molar-refractivity contribution in [2.45, 2.75) is 13.1 Å². The molecule has 0 spiro atoms. The van der Waals surface area contributed by atoms with E-state index >= 15 is 0 Å². The first-order chi connectivity index (χ1) is 4.27.